The molecular formula is C10H8N2OS. The highest BCUT2D eigenvalue weighted by molar-refractivity contribution is 7.13. The van der Waals surface area contributed by atoms with Crippen LogP contribution in [0.3, 0.4) is 0 Å². The molecule has 0 saturated carbocycles. The van der Waals surface area contributed by atoms with Gasteiger partial charge in [-0.3, -0.25) is 4.79 Å². The molecule has 0 aromatic carbocycles. The maximum absolute atomic E-state index is 10.9. The third kappa shape index (κ3) is 1.65. The standard InChI is InChI=1S/C10H8N2OS/c11-10(13)8-4-1-3-7(12-8)9-5-2-6-14-9/h1-6H,(H2,11,13). The Kier molecular flexibility index (Phi) is 2.28. The topological polar surface area (TPSA) is 56.0 Å². The number of amides is 1. The van der Waals surface area contributed by atoms with Gasteiger partial charge in [0.1, 0.15) is 5.69 Å². The van der Waals surface area contributed by atoms with Crippen molar-refractivity contribution in [2.75, 3.05) is 0 Å². The van der Waals surface area contributed by atoms with Crippen LogP contribution in [0.4, 0.5) is 0 Å². The molecule has 2 aromatic heterocycles. The Morgan fingerprint density at radius 2 is 2.14 bits per heavy atom. The van der Waals surface area contributed by atoms with Crippen LogP contribution in [0.5, 0.6) is 0 Å². The van der Waals surface area contributed by atoms with E-state index < -0.39 is 5.91 Å². The molecule has 1 amide bonds. The number of carbonyl (C=O) groups excluding carboxylic acids is 1. The zero-order chi connectivity index (χ0) is 9.97. The van der Waals surface area contributed by atoms with Gasteiger partial charge < -0.3 is 5.73 Å². The summed E-state index contributed by atoms with van der Waals surface area (Å²) in [6.45, 7) is 0. The Labute approximate surface area is 85.2 Å². The van der Waals surface area contributed by atoms with Crippen LogP contribution in [-0.2, 0) is 0 Å². The molecule has 0 spiro atoms. The van der Waals surface area contributed by atoms with Crippen molar-refractivity contribution in [1.82, 2.24) is 4.98 Å². The fourth-order valence-electron chi connectivity index (χ4n) is 1.13. The lowest BCUT2D eigenvalue weighted by Gasteiger charge is -1.98. The predicted octanol–water partition coefficient (Wildman–Crippen LogP) is 1.91. The first kappa shape index (κ1) is 8.90. The smallest absolute Gasteiger partial charge is 0.267 e. The number of nitrogens with zero attached hydrogens (tertiary/aromatic N) is 1. The Hall–Kier alpha value is -1.68. The van der Waals surface area contributed by atoms with Gasteiger partial charge in [0.2, 0.25) is 0 Å². The van der Waals surface area contributed by atoms with E-state index in [-0.39, 0.29) is 0 Å². The summed E-state index contributed by atoms with van der Waals surface area (Å²) in [5.74, 6) is -0.497. The molecule has 2 heterocycles. The van der Waals surface area contributed by atoms with E-state index >= 15 is 0 Å². The highest BCUT2D eigenvalue weighted by Gasteiger charge is 2.04. The van der Waals surface area contributed by atoms with Crippen LogP contribution < -0.4 is 5.73 Å². The summed E-state index contributed by atoms with van der Waals surface area (Å²) in [5.41, 5.74) is 6.23. The van der Waals surface area contributed by atoms with Crippen molar-refractivity contribution in [2.45, 2.75) is 0 Å². The number of pyridine rings is 1. The number of hydrogen-bond acceptors (Lipinski definition) is 3. The summed E-state index contributed by atoms with van der Waals surface area (Å²) < 4.78 is 0. The fraction of sp³-hybridized carbons (Fsp3) is 0. The van der Waals surface area contributed by atoms with Crippen molar-refractivity contribution in [3.8, 4) is 10.6 Å². The number of carbonyl (C=O) groups is 1. The highest BCUT2D eigenvalue weighted by Crippen LogP contribution is 2.22. The number of primary amides is 1. The van der Waals surface area contributed by atoms with E-state index in [9.17, 15) is 4.79 Å². The number of nitrogens with two attached hydrogens (primary N) is 1. The monoisotopic (exact) mass is 204 g/mol. The molecule has 0 aliphatic heterocycles. The van der Waals surface area contributed by atoms with Crippen molar-refractivity contribution in [1.29, 1.82) is 0 Å². The second-order valence-corrected chi connectivity index (χ2v) is 3.70. The minimum Gasteiger partial charge on any atom is -0.364 e. The van der Waals surface area contributed by atoms with Gasteiger partial charge in [0.25, 0.3) is 5.91 Å². The molecule has 0 aliphatic carbocycles. The minimum atomic E-state index is -0.497. The average molecular weight is 204 g/mol. The molecule has 14 heavy (non-hydrogen) atoms. The van der Waals surface area contributed by atoms with Crippen LogP contribution in [-0.4, -0.2) is 10.9 Å². The highest BCUT2D eigenvalue weighted by atomic mass is 32.1. The maximum Gasteiger partial charge on any atom is 0.267 e. The third-order valence-corrected chi connectivity index (χ3v) is 2.67. The Balaban J connectivity index is 2.46. The zero-order valence-corrected chi connectivity index (χ0v) is 8.12. The minimum absolute atomic E-state index is 0.302. The van der Waals surface area contributed by atoms with Gasteiger partial charge in [-0.1, -0.05) is 12.1 Å². The Morgan fingerprint density at radius 3 is 2.79 bits per heavy atom. The van der Waals surface area contributed by atoms with Crippen LogP contribution in [0, 0.1) is 0 Å². The molecule has 2 rings (SSSR count). The van der Waals surface area contributed by atoms with Gasteiger partial charge in [-0.25, -0.2) is 4.98 Å². The van der Waals surface area contributed by atoms with Gasteiger partial charge in [-0.05, 0) is 23.6 Å². The van der Waals surface area contributed by atoms with E-state index in [4.69, 9.17) is 5.73 Å². The molecular weight excluding hydrogens is 196 g/mol. The van der Waals surface area contributed by atoms with Gasteiger partial charge in [0, 0.05) is 0 Å². The number of rotatable bonds is 2. The van der Waals surface area contributed by atoms with Crippen molar-refractivity contribution in [3.63, 3.8) is 0 Å². The fourth-order valence-corrected chi connectivity index (χ4v) is 1.83. The van der Waals surface area contributed by atoms with Crippen LogP contribution >= 0.6 is 11.3 Å². The van der Waals surface area contributed by atoms with E-state index in [1.54, 1.807) is 23.5 Å². The molecule has 70 valence electrons. The zero-order valence-electron chi connectivity index (χ0n) is 7.31. The van der Waals surface area contributed by atoms with Gasteiger partial charge in [-0.15, -0.1) is 11.3 Å². The summed E-state index contributed by atoms with van der Waals surface area (Å²) in [5, 5.41) is 1.97. The second-order valence-electron chi connectivity index (χ2n) is 2.75. The number of aromatic nitrogens is 1. The van der Waals surface area contributed by atoms with Gasteiger partial charge in [0.05, 0.1) is 10.6 Å². The maximum atomic E-state index is 10.9. The van der Waals surface area contributed by atoms with Crippen molar-refractivity contribution in [3.05, 3.63) is 41.4 Å². The largest absolute Gasteiger partial charge is 0.364 e. The van der Waals surface area contributed by atoms with Crippen molar-refractivity contribution < 1.29 is 4.79 Å². The number of hydrogen-bond donors (Lipinski definition) is 1. The normalized spacial score (nSPS) is 10.0. The van der Waals surface area contributed by atoms with E-state index in [1.807, 2.05) is 23.6 Å². The molecule has 4 heteroatoms. The molecule has 2 N–H and O–H groups in total. The molecule has 0 unspecified atom stereocenters. The van der Waals surface area contributed by atoms with Crippen molar-refractivity contribution >= 4 is 17.2 Å². The summed E-state index contributed by atoms with van der Waals surface area (Å²) in [6.07, 6.45) is 0. The first-order valence-corrected chi connectivity index (χ1v) is 4.96. The van der Waals surface area contributed by atoms with Crippen LogP contribution in [0.15, 0.2) is 35.7 Å². The molecule has 3 nitrogen and oxygen atoms in total. The van der Waals surface area contributed by atoms with E-state index in [2.05, 4.69) is 4.98 Å². The Morgan fingerprint density at radius 1 is 1.29 bits per heavy atom. The molecule has 0 radical (unpaired) electrons. The van der Waals surface area contributed by atoms with Crippen LogP contribution in [0.2, 0.25) is 0 Å². The lowest BCUT2D eigenvalue weighted by atomic mass is 10.2. The molecule has 0 atom stereocenters. The van der Waals surface area contributed by atoms with E-state index in [0.29, 0.717) is 5.69 Å². The average Bonchev–Trinajstić information content (AvgIpc) is 2.71. The van der Waals surface area contributed by atoms with Gasteiger partial charge in [-0.2, -0.15) is 0 Å². The summed E-state index contributed by atoms with van der Waals surface area (Å²) >= 11 is 1.58. The second kappa shape index (κ2) is 3.59. The quantitative estimate of drug-likeness (QED) is 0.812. The molecule has 0 bridgehead atoms. The summed E-state index contributed by atoms with van der Waals surface area (Å²) in [4.78, 5) is 16.1. The lowest BCUT2D eigenvalue weighted by Crippen LogP contribution is -2.12. The Bertz CT molecular complexity index is 451. The van der Waals surface area contributed by atoms with Gasteiger partial charge >= 0.3 is 0 Å². The molecule has 0 aliphatic rings. The van der Waals surface area contributed by atoms with Crippen molar-refractivity contribution in [2.24, 2.45) is 5.73 Å². The lowest BCUT2D eigenvalue weighted by molar-refractivity contribution is 0.0995. The molecule has 0 saturated heterocycles. The molecule has 0 fully saturated rings. The van der Waals surface area contributed by atoms with Gasteiger partial charge in [0.15, 0.2) is 0 Å². The summed E-state index contributed by atoms with van der Waals surface area (Å²) in [6, 6.07) is 9.15. The van der Waals surface area contributed by atoms with E-state index in [1.165, 1.54) is 0 Å². The summed E-state index contributed by atoms with van der Waals surface area (Å²) in [7, 11) is 0. The first-order chi connectivity index (χ1) is 6.77. The van der Waals surface area contributed by atoms with E-state index in [0.717, 1.165) is 10.6 Å². The van der Waals surface area contributed by atoms with Crippen LogP contribution in [0.25, 0.3) is 10.6 Å². The SMILES string of the molecule is NC(=O)c1cccc(-c2cccs2)n1. The third-order valence-electron chi connectivity index (χ3n) is 1.78. The first-order valence-electron chi connectivity index (χ1n) is 4.08. The van der Waals surface area contributed by atoms with Crippen LogP contribution in [0.1, 0.15) is 10.5 Å². The predicted molar refractivity (Wildman–Crippen MR) is 56.1 cm³/mol. The number of thiophene rings is 1. The molecule has 2 aromatic rings.